The number of hydrogen-bond donors (Lipinski definition) is 0. The Bertz CT molecular complexity index is 401. The molecule has 0 spiro atoms. The third-order valence-electron chi connectivity index (χ3n) is 1.59. The molecule has 0 saturated carbocycles. The van der Waals surface area contributed by atoms with Crippen molar-refractivity contribution in [3.8, 4) is 0 Å². The lowest BCUT2D eigenvalue weighted by Crippen LogP contribution is -2.01. The van der Waals surface area contributed by atoms with Crippen molar-refractivity contribution >= 4 is 28.9 Å². The molecular formula is C7H4Cl2F2N2O2. The van der Waals surface area contributed by atoms with E-state index in [0.29, 0.717) is 0 Å². The number of nitro groups is 1. The summed E-state index contributed by atoms with van der Waals surface area (Å²) in [4.78, 5) is 13.1. The Morgan fingerprint density at radius 2 is 2.20 bits per heavy atom. The predicted octanol–water partition coefficient (Wildman–Crippen LogP) is 3.32. The third-order valence-corrected chi connectivity index (χ3v) is 2.15. The Balaban J connectivity index is 3.35. The largest absolute Gasteiger partial charge is 0.293 e. The molecule has 0 radical (unpaired) electrons. The van der Waals surface area contributed by atoms with E-state index in [1.807, 2.05) is 0 Å². The molecule has 0 saturated heterocycles. The fourth-order valence-electron chi connectivity index (χ4n) is 0.943. The van der Waals surface area contributed by atoms with Crippen molar-refractivity contribution in [2.45, 2.75) is 12.3 Å². The van der Waals surface area contributed by atoms with Crippen molar-refractivity contribution < 1.29 is 13.7 Å². The van der Waals surface area contributed by atoms with Crippen LogP contribution in [-0.4, -0.2) is 9.91 Å². The van der Waals surface area contributed by atoms with E-state index in [1.54, 1.807) is 0 Å². The highest BCUT2D eigenvalue weighted by atomic mass is 35.5. The molecule has 1 heterocycles. The zero-order chi connectivity index (χ0) is 11.6. The first-order valence-corrected chi connectivity index (χ1v) is 4.56. The second kappa shape index (κ2) is 4.67. The van der Waals surface area contributed by atoms with Crippen LogP contribution < -0.4 is 0 Å². The molecule has 0 aliphatic carbocycles. The van der Waals surface area contributed by atoms with E-state index < -0.39 is 27.8 Å². The maximum atomic E-state index is 12.3. The minimum Gasteiger partial charge on any atom is -0.258 e. The summed E-state index contributed by atoms with van der Waals surface area (Å²) in [6.45, 7) is 0. The van der Waals surface area contributed by atoms with Crippen LogP contribution in [0.15, 0.2) is 6.07 Å². The number of nitrogens with zero attached hydrogens (tertiary/aromatic N) is 2. The van der Waals surface area contributed by atoms with Crippen LogP contribution in [-0.2, 0) is 5.88 Å². The Hall–Kier alpha value is -1.01. The van der Waals surface area contributed by atoms with Crippen molar-refractivity contribution in [2.24, 2.45) is 0 Å². The molecular weight excluding hydrogens is 253 g/mol. The lowest BCUT2D eigenvalue weighted by molar-refractivity contribution is -0.385. The average molecular weight is 257 g/mol. The normalized spacial score (nSPS) is 10.7. The molecule has 0 aromatic carbocycles. The van der Waals surface area contributed by atoms with Crippen LogP contribution in [0.2, 0.25) is 5.02 Å². The third kappa shape index (κ3) is 2.51. The average Bonchev–Trinajstić information content (AvgIpc) is 2.16. The first kappa shape index (κ1) is 12.1. The molecule has 0 aliphatic heterocycles. The first-order valence-electron chi connectivity index (χ1n) is 3.65. The van der Waals surface area contributed by atoms with E-state index in [-0.39, 0.29) is 11.6 Å². The van der Waals surface area contributed by atoms with Gasteiger partial charge in [-0.2, -0.15) is 0 Å². The van der Waals surface area contributed by atoms with Gasteiger partial charge >= 0.3 is 0 Å². The van der Waals surface area contributed by atoms with Gasteiger partial charge in [-0.15, -0.1) is 11.6 Å². The van der Waals surface area contributed by atoms with Gasteiger partial charge in [0.05, 0.1) is 15.8 Å². The maximum Gasteiger partial charge on any atom is 0.293 e. The van der Waals surface area contributed by atoms with Crippen LogP contribution in [0.5, 0.6) is 0 Å². The van der Waals surface area contributed by atoms with Crippen molar-refractivity contribution in [3.05, 3.63) is 32.6 Å². The molecule has 0 atom stereocenters. The molecule has 1 rings (SSSR count). The molecule has 1 aromatic rings. The van der Waals surface area contributed by atoms with Crippen molar-refractivity contribution in [2.75, 3.05) is 0 Å². The van der Waals surface area contributed by atoms with Gasteiger partial charge < -0.3 is 0 Å². The van der Waals surface area contributed by atoms with E-state index in [0.717, 1.165) is 6.07 Å². The smallest absolute Gasteiger partial charge is 0.258 e. The molecule has 0 amide bonds. The van der Waals surface area contributed by atoms with E-state index in [9.17, 15) is 18.9 Å². The van der Waals surface area contributed by atoms with E-state index in [4.69, 9.17) is 23.2 Å². The van der Waals surface area contributed by atoms with Crippen LogP contribution in [0.3, 0.4) is 0 Å². The zero-order valence-electron chi connectivity index (χ0n) is 7.08. The summed E-state index contributed by atoms with van der Waals surface area (Å²) in [7, 11) is 0. The SMILES string of the molecule is O=[N+]([O-])c1cc(Cl)c(C(F)F)nc1CCl. The highest BCUT2D eigenvalue weighted by Gasteiger charge is 2.22. The van der Waals surface area contributed by atoms with Crippen molar-refractivity contribution in [1.82, 2.24) is 4.98 Å². The van der Waals surface area contributed by atoms with Gasteiger partial charge in [-0.25, -0.2) is 13.8 Å². The highest BCUT2D eigenvalue weighted by Crippen LogP contribution is 2.30. The second-order valence-corrected chi connectivity index (χ2v) is 3.19. The summed E-state index contributed by atoms with van der Waals surface area (Å²) in [5, 5.41) is 10.0. The Labute approximate surface area is 93.0 Å². The molecule has 4 nitrogen and oxygen atoms in total. The molecule has 1 aromatic heterocycles. The van der Waals surface area contributed by atoms with Crippen LogP contribution in [0.1, 0.15) is 17.8 Å². The van der Waals surface area contributed by atoms with Crippen LogP contribution in [0, 0.1) is 10.1 Å². The van der Waals surface area contributed by atoms with Gasteiger partial charge in [0.15, 0.2) is 0 Å². The zero-order valence-corrected chi connectivity index (χ0v) is 8.60. The Morgan fingerprint density at radius 3 is 2.60 bits per heavy atom. The minimum atomic E-state index is -2.89. The number of rotatable bonds is 3. The predicted molar refractivity (Wildman–Crippen MR) is 50.4 cm³/mol. The van der Waals surface area contributed by atoms with Gasteiger partial charge in [0, 0.05) is 6.07 Å². The minimum absolute atomic E-state index is 0.221. The summed E-state index contributed by atoms with van der Waals surface area (Å²) < 4.78 is 24.6. The second-order valence-electron chi connectivity index (χ2n) is 2.51. The summed E-state index contributed by atoms with van der Waals surface area (Å²) in [6.07, 6.45) is -2.89. The summed E-state index contributed by atoms with van der Waals surface area (Å²) in [6, 6.07) is 0.827. The molecule has 0 aliphatic rings. The Morgan fingerprint density at radius 1 is 1.60 bits per heavy atom. The summed E-state index contributed by atoms with van der Waals surface area (Å²) >= 11 is 10.8. The van der Waals surface area contributed by atoms with E-state index >= 15 is 0 Å². The lowest BCUT2D eigenvalue weighted by atomic mass is 10.2. The van der Waals surface area contributed by atoms with Gasteiger partial charge in [-0.1, -0.05) is 11.6 Å². The molecule has 0 N–H and O–H groups in total. The van der Waals surface area contributed by atoms with Gasteiger partial charge in [0.2, 0.25) is 0 Å². The molecule has 82 valence electrons. The van der Waals surface area contributed by atoms with Gasteiger partial charge in [-0.3, -0.25) is 10.1 Å². The summed E-state index contributed by atoms with van der Waals surface area (Å²) in [5.74, 6) is -0.326. The van der Waals surface area contributed by atoms with Gasteiger partial charge in [0.25, 0.3) is 12.1 Å². The van der Waals surface area contributed by atoms with Crippen molar-refractivity contribution in [1.29, 1.82) is 0 Å². The van der Waals surface area contributed by atoms with Crippen LogP contribution in [0.4, 0.5) is 14.5 Å². The number of hydrogen-bond acceptors (Lipinski definition) is 3. The van der Waals surface area contributed by atoms with E-state index in [1.165, 1.54) is 0 Å². The topological polar surface area (TPSA) is 56.0 Å². The standard InChI is InChI=1S/C7H4Cl2F2N2O2/c8-2-4-5(13(14)15)1-3(9)6(12-4)7(10)11/h1,7H,2H2. The van der Waals surface area contributed by atoms with Crippen LogP contribution in [0.25, 0.3) is 0 Å². The fraction of sp³-hybridized carbons (Fsp3) is 0.286. The lowest BCUT2D eigenvalue weighted by Gasteiger charge is -2.04. The van der Waals surface area contributed by atoms with Crippen molar-refractivity contribution in [3.63, 3.8) is 0 Å². The molecule has 8 heteroatoms. The van der Waals surface area contributed by atoms with Gasteiger partial charge in [0.1, 0.15) is 11.4 Å². The maximum absolute atomic E-state index is 12.3. The fourth-order valence-corrected chi connectivity index (χ4v) is 1.37. The monoisotopic (exact) mass is 256 g/mol. The summed E-state index contributed by atoms with van der Waals surface area (Å²) in [5.41, 5.74) is -1.38. The molecule has 0 bridgehead atoms. The number of alkyl halides is 3. The number of halogens is 4. The number of aromatic nitrogens is 1. The van der Waals surface area contributed by atoms with E-state index in [2.05, 4.69) is 4.98 Å². The number of pyridine rings is 1. The molecule has 0 unspecified atom stereocenters. The van der Waals surface area contributed by atoms with Crippen LogP contribution >= 0.6 is 23.2 Å². The Kier molecular flexibility index (Phi) is 3.76. The quantitative estimate of drug-likeness (QED) is 0.474. The first-order chi connectivity index (χ1) is 6.97. The molecule has 15 heavy (non-hydrogen) atoms. The molecule has 0 fully saturated rings. The van der Waals surface area contributed by atoms with Gasteiger partial charge in [-0.05, 0) is 0 Å². The highest BCUT2D eigenvalue weighted by molar-refractivity contribution is 6.31.